The van der Waals surface area contributed by atoms with E-state index in [-0.39, 0.29) is 17.1 Å². The highest BCUT2D eigenvalue weighted by atomic mass is 16.3. The molecule has 4 heteroatoms. The second-order valence-electron chi connectivity index (χ2n) is 20.7. The molecule has 0 atom stereocenters. The lowest BCUT2D eigenvalue weighted by Crippen LogP contribution is -2.12. The van der Waals surface area contributed by atoms with E-state index >= 15 is 0 Å². The van der Waals surface area contributed by atoms with Gasteiger partial charge in [0, 0.05) is 31.2 Å². The first-order chi connectivity index (χ1) is 37.0. The van der Waals surface area contributed by atoms with Gasteiger partial charge in [-0.05, 0) is 140 Å². The monoisotopic (exact) mass is 959 g/mol. The van der Waals surface area contributed by atoms with E-state index in [1.165, 1.54) is 5.56 Å². The first-order valence-corrected chi connectivity index (χ1v) is 26.0. The quantitative estimate of drug-likeness (QED) is 0.141. The van der Waals surface area contributed by atoms with E-state index < -0.39 is 6.37 Å². The molecule has 360 valence electrons. The van der Waals surface area contributed by atoms with Crippen molar-refractivity contribution in [3.63, 3.8) is 0 Å². The molecule has 1 aliphatic carbocycles. The predicted octanol–water partition coefficient (Wildman–Crippen LogP) is 18.5. The molecule has 1 N–H and O–H groups in total. The van der Waals surface area contributed by atoms with Gasteiger partial charge in [0.2, 0.25) is 0 Å². The Hall–Kier alpha value is -8.60. The van der Waals surface area contributed by atoms with Crippen molar-refractivity contribution in [1.29, 1.82) is 0 Å². The number of pyridine rings is 1. The second kappa shape index (κ2) is 19.8. The van der Waals surface area contributed by atoms with E-state index in [9.17, 15) is 5.11 Å². The Balaban J connectivity index is 1.08. The van der Waals surface area contributed by atoms with Crippen LogP contribution in [0.25, 0.3) is 106 Å². The number of rotatable bonds is 11. The summed E-state index contributed by atoms with van der Waals surface area (Å²) in [6, 6.07) is 77.8. The largest absolute Gasteiger partial charge is 0.507 e. The van der Waals surface area contributed by atoms with E-state index in [1.54, 1.807) is 0 Å². The lowest BCUT2D eigenvalue weighted by Gasteiger charge is -2.23. The van der Waals surface area contributed by atoms with Gasteiger partial charge in [0.05, 0.1) is 28.0 Å². The molecule has 0 bridgehead atoms. The van der Waals surface area contributed by atoms with Gasteiger partial charge in [-0.1, -0.05) is 210 Å². The molecule has 0 aliphatic heterocycles. The molecule has 0 unspecified atom stereocenters. The average molecular weight is 960 g/mol. The summed E-state index contributed by atoms with van der Waals surface area (Å²) in [5.41, 5.74) is 18.7. The van der Waals surface area contributed by atoms with Crippen LogP contribution in [0, 0.1) is 5.92 Å². The van der Waals surface area contributed by atoms with Crippen molar-refractivity contribution >= 4 is 11.0 Å². The molecule has 0 saturated heterocycles. The lowest BCUT2D eigenvalue weighted by atomic mass is 9.85. The highest BCUT2D eigenvalue weighted by Crippen LogP contribution is 2.46. The van der Waals surface area contributed by atoms with Gasteiger partial charge in [0.1, 0.15) is 11.6 Å². The van der Waals surface area contributed by atoms with Crippen molar-refractivity contribution in [2.75, 3.05) is 0 Å². The number of fused-ring (bicyclic) bond motifs is 1. The van der Waals surface area contributed by atoms with Crippen molar-refractivity contribution in [2.45, 2.75) is 58.2 Å². The summed E-state index contributed by atoms with van der Waals surface area (Å²) >= 11 is 0. The minimum Gasteiger partial charge on any atom is -0.507 e. The molecule has 2 heterocycles. The van der Waals surface area contributed by atoms with Crippen molar-refractivity contribution in [3.05, 3.63) is 242 Å². The number of aromatic hydroxyl groups is 1. The average Bonchev–Trinajstić information content (AvgIpc) is 4.17. The van der Waals surface area contributed by atoms with Crippen LogP contribution >= 0.6 is 0 Å². The Bertz CT molecular complexity index is 3880. The van der Waals surface area contributed by atoms with E-state index in [0.29, 0.717) is 11.4 Å². The fourth-order valence-electron chi connectivity index (χ4n) is 10.8. The van der Waals surface area contributed by atoms with Gasteiger partial charge in [0.25, 0.3) is 0 Å². The molecule has 2 aromatic heterocycles. The summed E-state index contributed by atoms with van der Waals surface area (Å²) < 4.78 is 20.3. The molecule has 1 saturated carbocycles. The van der Waals surface area contributed by atoms with Crippen LogP contribution in [0.1, 0.15) is 60.3 Å². The predicted molar refractivity (Wildman–Crippen MR) is 308 cm³/mol. The Morgan fingerprint density at radius 3 is 1.70 bits per heavy atom. The highest BCUT2D eigenvalue weighted by Gasteiger charge is 2.26. The number of para-hydroxylation sites is 1. The van der Waals surface area contributed by atoms with E-state index in [4.69, 9.17) is 12.7 Å². The first kappa shape index (κ1) is 44.1. The normalized spacial score (nSPS) is 13.5. The van der Waals surface area contributed by atoms with E-state index in [2.05, 4.69) is 189 Å². The molecular formula is C70H59N3O. The van der Waals surface area contributed by atoms with Gasteiger partial charge < -0.3 is 5.11 Å². The van der Waals surface area contributed by atoms with Crippen LogP contribution in [0.4, 0.5) is 0 Å². The molecule has 9 aromatic carbocycles. The molecule has 0 spiro atoms. The fourth-order valence-corrected chi connectivity index (χ4v) is 10.8. The Morgan fingerprint density at radius 2 is 1.05 bits per heavy atom. The van der Waals surface area contributed by atoms with Crippen LogP contribution in [-0.4, -0.2) is 19.6 Å². The SMILES string of the molecule is [2H]C([2H])(c1ccc(-c2ccnc(-c3cc(-c4ccccc4)cc(-c4cccc5c4nc(-c4cc(-c6ccccc6)cc(-c6ccccc6)c4O)n5-c4ccc(C(C)(C)C)cc4-c4ccccc4)c3)c2)cc1)C1CCCC1. The van der Waals surface area contributed by atoms with Crippen LogP contribution in [0.3, 0.4) is 0 Å². The summed E-state index contributed by atoms with van der Waals surface area (Å²) in [7, 11) is 0. The second-order valence-corrected chi connectivity index (χ2v) is 20.7. The Kier molecular flexibility index (Phi) is 11.8. The van der Waals surface area contributed by atoms with Gasteiger partial charge in [-0.3, -0.25) is 9.55 Å². The van der Waals surface area contributed by atoms with E-state index in [1.807, 2.05) is 66.9 Å². The number of phenolic OH excluding ortho intramolecular Hbond substituents is 1. The summed E-state index contributed by atoms with van der Waals surface area (Å²) in [5, 5.41) is 12.8. The molecule has 12 rings (SSSR count). The summed E-state index contributed by atoms with van der Waals surface area (Å²) in [6.07, 6.45) is 4.58. The van der Waals surface area contributed by atoms with Crippen molar-refractivity contribution in [1.82, 2.24) is 14.5 Å². The molecule has 74 heavy (non-hydrogen) atoms. The van der Waals surface area contributed by atoms with Crippen molar-refractivity contribution in [3.8, 4) is 101 Å². The van der Waals surface area contributed by atoms with Gasteiger partial charge in [-0.15, -0.1) is 0 Å². The smallest absolute Gasteiger partial charge is 0.149 e. The zero-order chi connectivity index (χ0) is 52.0. The van der Waals surface area contributed by atoms with Crippen LogP contribution < -0.4 is 0 Å². The maximum Gasteiger partial charge on any atom is 0.149 e. The summed E-state index contributed by atoms with van der Waals surface area (Å²) in [6.45, 7) is 6.75. The van der Waals surface area contributed by atoms with E-state index in [0.717, 1.165) is 126 Å². The third kappa shape index (κ3) is 9.25. The number of hydrogen-bond donors (Lipinski definition) is 1. The Morgan fingerprint density at radius 1 is 0.486 bits per heavy atom. The van der Waals surface area contributed by atoms with Crippen LogP contribution in [0.15, 0.2) is 231 Å². The molecule has 4 nitrogen and oxygen atoms in total. The zero-order valence-electron chi connectivity index (χ0n) is 44.1. The zero-order valence-corrected chi connectivity index (χ0v) is 42.1. The molecule has 1 fully saturated rings. The third-order valence-electron chi connectivity index (χ3n) is 14.8. The fraction of sp³-hybridized carbons (Fsp3) is 0.143. The third-order valence-corrected chi connectivity index (χ3v) is 14.8. The summed E-state index contributed by atoms with van der Waals surface area (Å²) in [5.74, 6) is 0.824. The van der Waals surface area contributed by atoms with Crippen LogP contribution in [-0.2, 0) is 11.8 Å². The van der Waals surface area contributed by atoms with Gasteiger partial charge in [-0.25, -0.2) is 4.98 Å². The van der Waals surface area contributed by atoms with Gasteiger partial charge in [-0.2, -0.15) is 0 Å². The molecule has 0 amide bonds. The van der Waals surface area contributed by atoms with Gasteiger partial charge >= 0.3 is 0 Å². The minimum atomic E-state index is -1.36. The highest BCUT2D eigenvalue weighted by molar-refractivity contribution is 5.99. The van der Waals surface area contributed by atoms with Crippen LogP contribution in [0.2, 0.25) is 0 Å². The maximum absolute atomic E-state index is 12.8. The van der Waals surface area contributed by atoms with Crippen LogP contribution in [0.5, 0.6) is 5.75 Å². The number of hydrogen-bond acceptors (Lipinski definition) is 3. The number of aromatic nitrogens is 3. The number of phenols is 1. The van der Waals surface area contributed by atoms with Crippen molar-refractivity contribution in [2.24, 2.45) is 5.92 Å². The molecular weight excluding hydrogens is 899 g/mol. The minimum absolute atomic E-state index is 0.0559. The topological polar surface area (TPSA) is 50.9 Å². The first-order valence-electron chi connectivity index (χ1n) is 27.0. The van der Waals surface area contributed by atoms with Crippen molar-refractivity contribution < 1.29 is 7.85 Å². The maximum atomic E-state index is 12.8. The number of nitrogens with zero attached hydrogens (tertiary/aromatic N) is 3. The van der Waals surface area contributed by atoms with Gasteiger partial charge in [0.15, 0.2) is 0 Å². The molecule has 1 aliphatic rings. The lowest BCUT2D eigenvalue weighted by molar-refractivity contribution is 0.479. The summed E-state index contributed by atoms with van der Waals surface area (Å²) in [4.78, 5) is 10.7. The standard InChI is InChI=1S/C70H59N3O/c1-70(2,3)59-35-36-65(61(46-59)52-25-12-6-13-26-52)73-66-30-18-29-60(67(66)72-69(73)63-44-56(50-23-10-5-11-24-50)43-62(68(63)74)53-27-14-7-15-28-53)57-40-55(49-21-8-4-9-22-49)41-58(42-57)64-45-54(37-38-71-64)51-33-31-48(32-34-51)39-47-19-16-17-20-47/h4-15,18,21-38,40-47,74H,16-17,19-20,39H2,1-3H3/i39D2. The molecule has 11 aromatic rings. The molecule has 0 radical (unpaired) electrons. The Labute approximate surface area is 438 Å². The number of imidazole rings is 1. The number of benzene rings is 9.